The van der Waals surface area contributed by atoms with Crippen LogP contribution in [0, 0.1) is 12.7 Å². The Morgan fingerprint density at radius 2 is 2.08 bits per heavy atom. The van der Waals surface area contributed by atoms with Gasteiger partial charge in [-0.15, -0.1) is 0 Å². The second kappa shape index (κ2) is 7.58. The van der Waals surface area contributed by atoms with Crippen LogP contribution >= 0.6 is 0 Å². The molecule has 1 aliphatic rings. The van der Waals surface area contributed by atoms with E-state index in [0.29, 0.717) is 31.5 Å². The van der Waals surface area contributed by atoms with Gasteiger partial charge in [-0.05, 0) is 50.9 Å². The fourth-order valence-electron chi connectivity index (χ4n) is 3.07. The quantitative estimate of drug-likeness (QED) is 0.867. The summed E-state index contributed by atoms with van der Waals surface area (Å²) in [5, 5.41) is 8.89. The van der Waals surface area contributed by atoms with Gasteiger partial charge in [0.1, 0.15) is 5.82 Å². The number of rotatable bonds is 5. The van der Waals surface area contributed by atoms with Gasteiger partial charge in [0.25, 0.3) is 0 Å². The van der Waals surface area contributed by atoms with Crippen molar-refractivity contribution in [3.8, 4) is 0 Å². The maximum atomic E-state index is 13.5. The van der Waals surface area contributed by atoms with Crippen LogP contribution in [-0.4, -0.2) is 61.4 Å². The Bertz CT molecular complexity index is 708. The second-order valence-electron chi connectivity index (χ2n) is 6.21. The van der Waals surface area contributed by atoms with Crippen molar-refractivity contribution >= 4 is 16.0 Å². The van der Waals surface area contributed by atoms with Gasteiger partial charge in [0.2, 0.25) is 10.0 Å². The number of hydrogen-bond donors (Lipinski definition) is 1. The van der Waals surface area contributed by atoms with E-state index in [4.69, 9.17) is 5.11 Å². The molecule has 1 heterocycles. The van der Waals surface area contributed by atoms with Crippen molar-refractivity contribution in [1.29, 1.82) is 0 Å². The summed E-state index contributed by atoms with van der Waals surface area (Å²) >= 11 is 0. The van der Waals surface area contributed by atoms with Gasteiger partial charge in [-0.1, -0.05) is 6.07 Å². The van der Waals surface area contributed by atoms with Crippen molar-refractivity contribution in [2.45, 2.75) is 37.1 Å². The van der Waals surface area contributed by atoms with Crippen LogP contribution in [0.25, 0.3) is 0 Å². The molecule has 1 atom stereocenters. The van der Waals surface area contributed by atoms with Crippen LogP contribution in [0.1, 0.15) is 24.8 Å². The molecule has 1 saturated heterocycles. The Balaban J connectivity index is 2.15. The largest absolute Gasteiger partial charge is 0.480 e. The van der Waals surface area contributed by atoms with Gasteiger partial charge in [-0.2, -0.15) is 4.31 Å². The zero-order valence-corrected chi connectivity index (χ0v) is 14.7. The summed E-state index contributed by atoms with van der Waals surface area (Å²) in [6.07, 6.45) is 1.93. The number of aryl methyl sites for hydroxylation is 1. The molecule has 2 rings (SSSR count). The summed E-state index contributed by atoms with van der Waals surface area (Å²) in [6.45, 7) is 2.23. The lowest BCUT2D eigenvalue weighted by Crippen LogP contribution is -2.37. The molecule has 0 aromatic heterocycles. The molecule has 6 nitrogen and oxygen atoms in total. The van der Waals surface area contributed by atoms with Crippen LogP contribution < -0.4 is 0 Å². The highest BCUT2D eigenvalue weighted by Crippen LogP contribution is 2.25. The van der Waals surface area contributed by atoms with Gasteiger partial charge in [0, 0.05) is 19.1 Å². The standard InChI is InChI=1S/C16H23FN2O4S/c1-12-5-6-13(17)10-15(12)24(22,23)19-8-3-4-14(7-9-19)18(2)11-16(20)21/h5-6,10,14H,3-4,7-9,11H2,1-2H3,(H,20,21). The number of likely N-dealkylation sites (N-methyl/N-ethyl adjacent to an activating group) is 1. The van der Waals surface area contributed by atoms with Gasteiger partial charge in [0.15, 0.2) is 0 Å². The van der Waals surface area contributed by atoms with Gasteiger partial charge in [0.05, 0.1) is 11.4 Å². The van der Waals surface area contributed by atoms with Gasteiger partial charge in [-0.3, -0.25) is 9.69 Å². The molecule has 0 spiro atoms. The first-order valence-electron chi connectivity index (χ1n) is 7.90. The molecule has 0 saturated carbocycles. The van der Waals surface area contributed by atoms with Gasteiger partial charge in [-0.25, -0.2) is 12.8 Å². The van der Waals surface area contributed by atoms with E-state index in [1.54, 1.807) is 18.9 Å². The van der Waals surface area contributed by atoms with E-state index in [-0.39, 0.29) is 17.5 Å². The van der Waals surface area contributed by atoms with Crippen molar-refractivity contribution < 1.29 is 22.7 Å². The van der Waals surface area contributed by atoms with Crippen molar-refractivity contribution in [2.75, 3.05) is 26.7 Å². The van der Waals surface area contributed by atoms with E-state index >= 15 is 0 Å². The number of halogens is 1. The lowest BCUT2D eigenvalue weighted by atomic mass is 10.1. The third kappa shape index (κ3) is 4.31. The molecule has 0 amide bonds. The first-order valence-corrected chi connectivity index (χ1v) is 9.34. The lowest BCUT2D eigenvalue weighted by Gasteiger charge is -2.25. The molecule has 1 aromatic rings. The minimum Gasteiger partial charge on any atom is -0.480 e. The van der Waals surface area contributed by atoms with Crippen molar-refractivity contribution in [3.63, 3.8) is 0 Å². The Morgan fingerprint density at radius 1 is 1.38 bits per heavy atom. The Kier molecular flexibility index (Phi) is 5.95. The molecular weight excluding hydrogens is 335 g/mol. The van der Waals surface area contributed by atoms with Crippen LogP contribution in [-0.2, 0) is 14.8 Å². The Hall–Kier alpha value is -1.51. The van der Waals surface area contributed by atoms with Crippen LogP contribution in [0.2, 0.25) is 0 Å². The average molecular weight is 358 g/mol. The van der Waals surface area contributed by atoms with Crippen molar-refractivity contribution in [2.24, 2.45) is 0 Å². The van der Waals surface area contributed by atoms with E-state index in [0.717, 1.165) is 12.5 Å². The molecule has 1 aromatic carbocycles. The number of aliphatic carboxylic acids is 1. The highest BCUT2D eigenvalue weighted by Gasteiger charge is 2.30. The lowest BCUT2D eigenvalue weighted by molar-refractivity contribution is -0.138. The molecule has 1 N–H and O–H groups in total. The molecule has 0 radical (unpaired) electrons. The Morgan fingerprint density at radius 3 is 2.75 bits per heavy atom. The topological polar surface area (TPSA) is 77.9 Å². The number of carboxylic acid groups (broad SMARTS) is 1. The average Bonchev–Trinajstić information content (AvgIpc) is 2.75. The van der Waals surface area contributed by atoms with E-state index in [1.165, 1.54) is 16.4 Å². The zero-order chi connectivity index (χ0) is 17.9. The van der Waals surface area contributed by atoms with E-state index in [1.807, 2.05) is 0 Å². The maximum Gasteiger partial charge on any atom is 0.317 e. The molecular formula is C16H23FN2O4S. The Labute approximate surface area is 141 Å². The summed E-state index contributed by atoms with van der Waals surface area (Å²) in [7, 11) is -2.02. The predicted molar refractivity (Wildman–Crippen MR) is 87.8 cm³/mol. The van der Waals surface area contributed by atoms with Gasteiger partial charge >= 0.3 is 5.97 Å². The highest BCUT2D eigenvalue weighted by atomic mass is 32.2. The van der Waals surface area contributed by atoms with E-state index in [2.05, 4.69) is 0 Å². The molecule has 1 unspecified atom stereocenters. The molecule has 134 valence electrons. The minimum atomic E-state index is -3.75. The smallest absolute Gasteiger partial charge is 0.317 e. The summed E-state index contributed by atoms with van der Waals surface area (Å²) in [5.74, 6) is -1.48. The predicted octanol–water partition coefficient (Wildman–Crippen LogP) is 1.69. The fourth-order valence-corrected chi connectivity index (χ4v) is 4.80. The number of carbonyl (C=O) groups is 1. The normalized spacial score (nSPS) is 20.1. The number of carboxylic acids is 1. The molecule has 0 aliphatic carbocycles. The highest BCUT2D eigenvalue weighted by molar-refractivity contribution is 7.89. The molecule has 24 heavy (non-hydrogen) atoms. The third-order valence-corrected chi connectivity index (χ3v) is 6.47. The first-order chi connectivity index (χ1) is 11.2. The second-order valence-corrected chi connectivity index (χ2v) is 8.11. The van der Waals surface area contributed by atoms with Crippen molar-refractivity contribution in [3.05, 3.63) is 29.6 Å². The molecule has 8 heteroatoms. The third-order valence-electron chi connectivity index (χ3n) is 4.43. The summed E-state index contributed by atoms with van der Waals surface area (Å²) in [5.41, 5.74) is 0.514. The van der Waals surface area contributed by atoms with E-state index in [9.17, 15) is 17.6 Å². The monoisotopic (exact) mass is 358 g/mol. The SMILES string of the molecule is Cc1ccc(F)cc1S(=O)(=O)N1CCCC(N(C)CC(=O)O)CC1. The maximum absolute atomic E-state index is 13.5. The van der Waals surface area contributed by atoms with Gasteiger partial charge < -0.3 is 5.11 Å². The number of hydrogen-bond acceptors (Lipinski definition) is 4. The van der Waals surface area contributed by atoms with Crippen LogP contribution in [0.3, 0.4) is 0 Å². The van der Waals surface area contributed by atoms with Crippen LogP contribution in [0.5, 0.6) is 0 Å². The minimum absolute atomic E-state index is 0.000148. The molecule has 0 bridgehead atoms. The first kappa shape index (κ1) is 18.8. The number of nitrogens with zero attached hydrogens (tertiary/aromatic N) is 2. The summed E-state index contributed by atoms with van der Waals surface area (Å²) < 4.78 is 40.5. The molecule has 1 aliphatic heterocycles. The number of benzene rings is 1. The fraction of sp³-hybridized carbons (Fsp3) is 0.562. The van der Waals surface area contributed by atoms with Crippen LogP contribution in [0.15, 0.2) is 23.1 Å². The van der Waals surface area contributed by atoms with E-state index < -0.39 is 21.8 Å². The van der Waals surface area contributed by atoms with Crippen molar-refractivity contribution in [1.82, 2.24) is 9.21 Å². The summed E-state index contributed by atoms with van der Waals surface area (Å²) in [6, 6.07) is 3.79. The van der Waals surface area contributed by atoms with Crippen LogP contribution in [0.4, 0.5) is 4.39 Å². The zero-order valence-electron chi connectivity index (χ0n) is 13.9. The number of sulfonamides is 1. The summed E-state index contributed by atoms with van der Waals surface area (Å²) in [4.78, 5) is 12.6. The molecule has 1 fully saturated rings.